The second-order valence-corrected chi connectivity index (χ2v) is 6.73. The van der Waals surface area contributed by atoms with Crippen LogP contribution in [0.4, 0.5) is 5.69 Å². The van der Waals surface area contributed by atoms with E-state index in [1.165, 1.54) is 69.2 Å². The van der Waals surface area contributed by atoms with E-state index in [0.29, 0.717) is 0 Å². The van der Waals surface area contributed by atoms with Crippen molar-refractivity contribution < 1.29 is 0 Å². The lowest BCUT2D eigenvalue weighted by Crippen LogP contribution is -2.30. The number of unbranched alkanes of at least 4 members (excludes halogenated alkanes) is 2. The number of pyridine rings is 1. The van der Waals surface area contributed by atoms with Crippen LogP contribution in [0, 0.1) is 0 Å². The predicted molar refractivity (Wildman–Crippen MR) is 99.2 cm³/mol. The number of rotatable bonds is 7. The van der Waals surface area contributed by atoms with E-state index >= 15 is 0 Å². The van der Waals surface area contributed by atoms with Crippen molar-refractivity contribution in [3.63, 3.8) is 0 Å². The molecule has 1 saturated heterocycles. The number of hydrogen-bond acceptors (Lipinski definition) is 3. The van der Waals surface area contributed by atoms with E-state index in [2.05, 4.69) is 52.2 Å². The van der Waals surface area contributed by atoms with Gasteiger partial charge in [0.25, 0.3) is 0 Å². The summed E-state index contributed by atoms with van der Waals surface area (Å²) >= 11 is 0. The Kier molecular flexibility index (Phi) is 5.87. The second kappa shape index (κ2) is 8.30. The maximum Gasteiger partial charge on any atom is 0.0722 e. The summed E-state index contributed by atoms with van der Waals surface area (Å²) in [5, 5.41) is 1.26. The zero-order chi connectivity index (χ0) is 15.9. The number of aromatic nitrogens is 1. The number of fused-ring (bicyclic) bond motifs is 1. The Balaban J connectivity index is 1.44. The number of likely N-dealkylation sites (tertiary alicyclic amines) is 1. The molecule has 1 fully saturated rings. The molecule has 124 valence electrons. The third kappa shape index (κ3) is 4.44. The Morgan fingerprint density at radius 1 is 1.00 bits per heavy atom. The van der Waals surface area contributed by atoms with Crippen molar-refractivity contribution in [3.05, 3.63) is 36.5 Å². The Morgan fingerprint density at radius 2 is 1.83 bits per heavy atom. The summed E-state index contributed by atoms with van der Waals surface area (Å²) in [4.78, 5) is 9.48. The quantitative estimate of drug-likeness (QED) is 0.710. The number of hydrogen-bond donors (Lipinski definition) is 0. The van der Waals surface area contributed by atoms with Gasteiger partial charge in [0.05, 0.1) is 5.52 Å². The number of nitrogens with zero attached hydrogens (tertiary/aromatic N) is 3. The highest BCUT2D eigenvalue weighted by Crippen LogP contribution is 2.24. The molecule has 3 heteroatoms. The van der Waals surface area contributed by atoms with Gasteiger partial charge >= 0.3 is 0 Å². The lowest BCUT2D eigenvalue weighted by molar-refractivity contribution is 0.224. The van der Waals surface area contributed by atoms with E-state index in [4.69, 9.17) is 0 Å². The highest BCUT2D eigenvalue weighted by Gasteiger charge is 2.09. The summed E-state index contributed by atoms with van der Waals surface area (Å²) in [6, 6.07) is 10.5. The molecule has 0 unspecified atom stereocenters. The van der Waals surface area contributed by atoms with Crippen LogP contribution in [0.25, 0.3) is 10.9 Å². The van der Waals surface area contributed by atoms with Crippen molar-refractivity contribution in [3.8, 4) is 0 Å². The van der Waals surface area contributed by atoms with Gasteiger partial charge in [-0.05, 0) is 57.5 Å². The maximum absolute atomic E-state index is 4.45. The normalized spacial score (nSPS) is 15.9. The van der Waals surface area contributed by atoms with E-state index in [-0.39, 0.29) is 0 Å². The van der Waals surface area contributed by atoms with Gasteiger partial charge < -0.3 is 9.80 Å². The molecular weight excluding hydrogens is 282 g/mol. The van der Waals surface area contributed by atoms with Crippen molar-refractivity contribution in [2.24, 2.45) is 0 Å². The summed E-state index contributed by atoms with van der Waals surface area (Å²) in [7, 11) is 2.20. The fourth-order valence-corrected chi connectivity index (χ4v) is 3.58. The van der Waals surface area contributed by atoms with E-state index in [9.17, 15) is 0 Å². The molecule has 1 aromatic carbocycles. The van der Waals surface area contributed by atoms with Gasteiger partial charge in [-0.2, -0.15) is 0 Å². The summed E-state index contributed by atoms with van der Waals surface area (Å²) < 4.78 is 0. The van der Waals surface area contributed by atoms with Crippen LogP contribution in [-0.4, -0.2) is 43.1 Å². The van der Waals surface area contributed by atoms with Gasteiger partial charge in [0.1, 0.15) is 0 Å². The minimum atomic E-state index is 1.09. The first-order valence-electron chi connectivity index (χ1n) is 9.12. The molecule has 23 heavy (non-hydrogen) atoms. The molecule has 0 saturated carbocycles. The average molecular weight is 311 g/mol. The molecule has 0 atom stereocenters. The van der Waals surface area contributed by atoms with Gasteiger partial charge in [0.15, 0.2) is 0 Å². The van der Waals surface area contributed by atoms with Gasteiger partial charge in [-0.15, -0.1) is 0 Å². The van der Waals surface area contributed by atoms with E-state index < -0.39 is 0 Å². The molecule has 2 aromatic rings. The monoisotopic (exact) mass is 311 g/mol. The lowest BCUT2D eigenvalue weighted by atomic mass is 10.1. The first-order chi connectivity index (χ1) is 11.3. The molecular formula is C20H29N3. The van der Waals surface area contributed by atoms with E-state index in [1.807, 2.05) is 6.20 Å². The lowest BCUT2D eigenvalue weighted by Gasteiger charge is -2.26. The van der Waals surface area contributed by atoms with Crippen LogP contribution in [-0.2, 0) is 0 Å². The minimum Gasteiger partial charge on any atom is -0.374 e. The largest absolute Gasteiger partial charge is 0.374 e. The fraction of sp³-hybridized carbons (Fsp3) is 0.550. The van der Waals surface area contributed by atoms with Crippen molar-refractivity contribution in [1.29, 1.82) is 0 Å². The number of para-hydroxylation sites is 1. The molecule has 1 aromatic heterocycles. The molecule has 0 amide bonds. The van der Waals surface area contributed by atoms with Gasteiger partial charge in [-0.25, -0.2) is 0 Å². The van der Waals surface area contributed by atoms with Crippen LogP contribution >= 0.6 is 0 Å². The van der Waals surface area contributed by atoms with Gasteiger partial charge in [0.2, 0.25) is 0 Å². The molecule has 1 aliphatic heterocycles. The zero-order valence-electron chi connectivity index (χ0n) is 14.4. The summed E-state index contributed by atoms with van der Waals surface area (Å²) in [5.74, 6) is 0. The van der Waals surface area contributed by atoms with Crippen molar-refractivity contribution in [2.75, 3.05) is 38.1 Å². The first-order valence-corrected chi connectivity index (χ1v) is 9.12. The Labute approximate surface area is 140 Å². The first kappa shape index (κ1) is 16.3. The Bertz CT molecular complexity index is 599. The van der Waals surface area contributed by atoms with Crippen LogP contribution in [0.15, 0.2) is 36.5 Å². The van der Waals surface area contributed by atoms with Crippen molar-refractivity contribution in [1.82, 2.24) is 9.88 Å². The minimum absolute atomic E-state index is 1.09. The smallest absolute Gasteiger partial charge is 0.0722 e. The highest BCUT2D eigenvalue weighted by molar-refractivity contribution is 5.91. The average Bonchev–Trinajstić information content (AvgIpc) is 2.61. The summed E-state index contributed by atoms with van der Waals surface area (Å²) in [6.07, 6.45) is 10.1. The van der Waals surface area contributed by atoms with E-state index in [1.54, 1.807) is 0 Å². The third-order valence-corrected chi connectivity index (χ3v) is 4.95. The highest BCUT2D eigenvalue weighted by atomic mass is 15.1. The molecule has 1 aliphatic rings. The predicted octanol–water partition coefficient (Wildman–Crippen LogP) is 4.33. The molecule has 3 rings (SSSR count). The van der Waals surface area contributed by atoms with Crippen molar-refractivity contribution in [2.45, 2.75) is 38.5 Å². The SMILES string of the molecule is CN(CCCCCN1CCCCC1)c1ccnc2ccccc12. The van der Waals surface area contributed by atoms with E-state index in [0.717, 1.165) is 12.1 Å². The van der Waals surface area contributed by atoms with Gasteiger partial charge in [-0.3, -0.25) is 4.98 Å². The number of anilines is 1. The molecule has 0 bridgehead atoms. The van der Waals surface area contributed by atoms with Crippen LogP contribution in [0.3, 0.4) is 0 Å². The Morgan fingerprint density at radius 3 is 2.70 bits per heavy atom. The second-order valence-electron chi connectivity index (χ2n) is 6.73. The zero-order valence-corrected chi connectivity index (χ0v) is 14.4. The molecule has 2 heterocycles. The van der Waals surface area contributed by atoms with Crippen molar-refractivity contribution >= 4 is 16.6 Å². The number of piperidine rings is 1. The fourth-order valence-electron chi connectivity index (χ4n) is 3.58. The molecule has 3 nitrogen and oxygen atoms in total. The number of benzene rings is 1. The summed E-state index contributed by atoms with van der Waals surface area (Å²) in [6.45, 7) is 5.06. The molecule has 0 radical (unpaired) electrons. The van der Waals surface area contributed by atoms with Crippen LogP contribution in [0.1, 0.15) is 38.5 Å². The van der Waals surface area contributed by atoms with Crippen LogP contribution in [0.5, 0.6) is 0 Å². The molecule has 0 spiro atoms. The topological polar surface area (TPSA) is 19.4 Å². The molecule has 0 N–H and O–H groups in total. The van der Waals surface area contributed by atoms with Crippen LogP contribution < -0.4 is 4.90 Å². The van der Waals surface area contributed by atoms with Crippen LogP contribution in [0.2, 0.25) is 0 Å². The third-order valence-electron chi connectivity index (χ3n) is 4.95. The standard InChI is InChI=1S/C20H29N3/c1-22(14-6-2-7-15-23-16-8-3-9-17-23)20-12-13-21-19-11-5-4-10-18(19)20/h4-5,10-13H,2-3,6-9,14-17H2,1H3. The van der Waals surface area contributed by atoms with Gasteiger partial charge in [0, 0.05) is 30.9 Å². The summed E-state index contributed by atoms with van der Waals surface area (Å²) in [5.41, 5.74) is 2.38. The molecule has 0 aliphatic carbocycles. The maximum atomic E-state index is 4.45. The van der Waals surface area contributed by atoms with Gasteiger partial charge in [-0.1, -0.05) is 31.0 Å². The Hall–Kier alpha value is -1.61.